The number of carbonyl (C=O) groups is 1. The molecule has 0 radical (unpaired) electrons. The lowest BCUT2D eigenvalue weighted by Gasteiger charge is -2.24. The molecule has 156 valence electrons. The van der Waals surface area contributed by atoms with Gasteiger partial charge in [0, 0.05) is 36.4 Å². The molecule has 1 aromatic carbocycles. The first-order valence-corrected chi connectivity index (χ1v) is 9.74. The molecule has 0 amide bonds. The van der Waals surface area contributed by atoms with Crippen LogP contribution in [0.1, 0.15) is 34.3 Å². The minimum atomic E-state index is -1.41. The Labute approximate surface area is 175 Å². The number of pyridine rings is 1. The first-order chi connectivity index (χ1) is 13.5. The van der Waals surface area contributed by atoms with E-state index in [1.54, 1.807) is 0 Å². The molecule has 1 saturated heterocycles. The molecule has 7 nitrogen and oxygen atoms in total. The molecule has 1 aliphatic carbocycles. The van der Waals surface area contributed by atoms with Gasteiger partial charge in [0.05, 0.1) is 5.69 Å². The third-order valence-corrected chi connectivity index (χ3v) is 5.82. The number of fused-ring (bicyclic) bond motifs is 3. The van der Waals surface area contributed by atoms with E-state index in [9.17, 15) is 19.8 Å². The summed E-state index contributed by atoms with van der Waals surface area (Å²) in [6, 6.07) is 6.22. The van der Waals surface area contributed by atoms with E-state index < -0.39 is 22.8 Å². The number of hydrogen-bond donors (Lipinski definition) is 3. The van der Waals surface area contributed by atoms with Crippen LogP contribution in [0.25, 0.3) is 11.3 Å². The first kappa shape index (κ1) is 21.2. The molecule has 1 aromatic heterocycles. The number of benzene rings is 1. The smallest absolute Gasteiger partial charge is 0.345 e. The topological polar surface area (TPSA) is 96.9 Å². The van der Waals surface area contributed by atoms with Crippen LogP contribution in [0.15, 0.2) is 23.0 Å². The number of aryl methyl sites for hydroxylation is 1. The molecule has 2 aromatic rings. The van der Waals surface area contributed by atoms with Crippen molar-refractivity contribution >= 4 is 24.1 Å². The van der Waals surface area contributed by atoms with Crippen molar-refractivity contribution in [2.75, 3.05) is 38.1 Å². The number of anilines is 1. The van der Waals surface area contributed by atoms with Gasteiger partial charge >= 0.3 is 5.97 Å². The van der Waals surface area contributed by atoms with Crippen LogP contribution in [-0.4, -0.2) is 59.3 Å². The van der Waals surface area contributed by atoms with Crippen LogP contribution in [-0.2, 0) is 12.8 Å². The minimum Gasteiger partial charge on any atom is -0.506 e. The molecule has 3 N–H and O–H groups in total. The second kappa shape index (κ2) is 8.47. The molecule has 0 spiro atoms. The van der Waals surface area contributed by atoms with Crippen LogP contribution in [0.5, 0.6) is 5.75 Å². The summed E-state index contributed by atoms with van der Waals surface area (Å²) in [5, 5.41) is 19.7. The molecule has 8 heteroatoms. The van der Waals surface area contributed by atoms with Gasteiger partial charge in [-0.05, 0) is 57.0 Å². The molecule has 2 heterocycles. The molecule has 0 atom stereocenters. The zero-order valence-electron chi connectivity index (χ0n) is 16.4. The van der Waals surface area contributed by atoms with Crippen LogP contribution >= 0.6 is 12.4 Å². The number of aromatic hydroxyl groups is 1. The highest BCUT2D eigenvalue weighted by Gasteiger charge is 2.25. The number of carboxylic acid groups (broad SMARTS) is 1. The Hall–Kier alpha value is -2.51. The number of aromatic amines is 1. The van der Waals surface area contributed by atoms with Crippen molar-refractivity contribution in [3.8, 4) is 17.0 Å². The molecule has 4 rings (SSSR count). The van der Waals surface area contributed by atoms with E-state index in [0.717, 1.165) is 56.6 Å². The molecule has 1 fully saturated rings. The average Bonchev–Trinajstić information content (AvgIpc) is 2.97. The normalized spacial score (nSPS) is 16.8. The lowest BCUT2D eigenvalue weighted by atomic mass is 9.99. The number of halogens is 1. The summed E-state index contributed by atoms with van der Waals surface area (Å²) in [5.74, 6) is -1.81. The summed E-state index contributed by atoms with van der Waals surface area (Å²) in [5.41, 5.74) is 2.87. The van der Waals surface area contributed by atoms with Gasteiger partial charge in [0.2, 0.25) is 0 Å². The van der Waals surface area contributed by atoms with E-state index in [1.807, 2.05) is 6.07 Å². The maximum Gasteiger partial charge on any atom is 0.345 e. The number of likely N-dealkylation sites (N-methyl/N-ethyl adjacent to an activating group) is 1. The third kappa shape index (κ3) is 3.97. The molecule has 0 bridgehead atoms. The van der Waals surface area contributed by atoms with Gasteiger partial charge < -0.3 is 25.0 Å². The fourth-order valence-electron chi connectivity index (χ4n) is 4.29. The van der Waals surface area contributed by atoms with E-state index in [1.165, 1.54) is 5.69 Å². The zero-order chi connectivity index (χ0) is 19.8. The number of nitrogens with zero attached hydrogens (tertiary/aromatic N) is 2. The third-order valence-electron chi connectivity index (χ3n) is 5.82. The van der Waals surface area contributed by atoms with Crippen molar-refractivity contribution < 1.29 is 15.0 Å². The van der Waals surface area contributed by atoms with Gasteiger partial charge in [0.15, 0.2) is 5.56 Å². The van der Waals surface area contributed by atoms with E-state index in [4.69, 9.17) is 0 Å². The standard InChI is InChI=1S/C21H25N3O4.ClH/c1-23-8-3-9-24(11-10-23)14-6-7-15-13(12-14)4-2-5-16-18(15)22-20(26)17(19(16)25)21(27)28;/h6-7,12H,2-5,8-11H2,1H3,(H,27,28)(H2,22,25,26);1H. The Morgan fingerprint density at radius 3 is 2.66 bits per heavy atom. The van der Waals surface area contributed by atoms with Gasteiger partial charge in [0.25, 0.3) is 5.56 Å². The predicted octanol–water partition coefficient (Wildman–Crippen LogP) is 2.50. The molecule has 29 heavy (non-hydrogen) atoms. The van der Waals surface area contributed by atoms with Crippen LogP contribution in [0.4, 0.5) is 5.69 Å². The number of H-pyrrole nitrogens is 1. The zero-order valence-corrected chi connectivity index (χ0v) is 17.2. The van der Waals surface area contributed by atoms with Crippen molar-refractivity contribution in [1.82, 2.24) is 9.88 Å². The van der Waals surface area contributed by atoms with Crippen molar-refractivity contribution in [2.24, 2.45) is 0 Å². The SMILES string of the molecule is CN1CCCN(c2ccc3c(c2)CCCc2c-3[nH]c(=O)c(C(=O)O)c2O)CC1.Cl. The first-order valence-electron chi connectivity index (χ1n) is 9.74. The fraction of sp³-hybridized carbons (Fsp3) is 0.429. The highest BCUT2D eigenvalue weighted by Crippen LogP contribution is 2.37. The van der Waals surface area contributed by atoms with Crippen LogP contribution in [0.3, 0.4) is 0 Å². The number of aromatic carboxylic acids is 1. The van der Waals surface area contributed by atoms with Crippen molar-refractivity contribution in [1.29, 1.82) is 0 Å². The number of nitrogens with one attached hydrogen (secondary N) is 1. The second-order valence-corrected chi connectivity index (χ2v) is 7.68. The minimum absolute atomic E-state index is 0. The molecular weight excluding hydrogens is 394 g/mol. The van der Waals surface area contributed by atoms with Gasteiger partial charge in [-0.15, -0.1) is 12.4 Å². The number of carboxylic acids is 1. The highest BCUT2D eigenvalue weighted by atomic mass is 35.5. The van der Waals surface area contributed by atoms with E-state index in [-0.39, 0.29) is 12.4 Å². The Bertz CT molecular complexity index is 989. The molecule has 0 unspecified atom stereocenters. The maximum absolute atomic E-state index is 12.2. The fourth-order valence-corrected chi connectivity index (χ4v) is 4.29. The van der Waals surface area contributed by atoms with Crippen molar-refractivity contribution in [3.05, 3.63) is 45.2 Å². The Balaban J connectivity index is 0.00000240. The van der Waals surface area contributed by atoms with Gasteiger partial charge in [-0.1, -0.05) is 6.07 Å². The lowest BCUT2D eigenvalue weighted by molar-refractivity contribution is 0.0691. The number of aromatic nitrogens is 1. The monoisotopic (exact) mass is 419 g/mol. The lowest BCUT2D eigenvalue weighted by Crippen LogP contribution is -2.28. The van der Waals surface area contributed by atoms with Gasteiger partial charge in [-0.3, -0.25) is 4.79 Å². The summed E-state index contributed by atoms with van der Waals surface area (Å²) in [4.78, 5) is 31.0. The average molecular weight is 420 g/mol. The van der Waals surface area contributed by atoms with Gasteiger partial charge in [0.1, 0.15) is 5.75 Å². The summed E-state index contributed by atoms with van der Waals surface area (Å²) < 4.78 is 0. The summed E-state index contributed by atoms with van der Waals surface area (Å²) in [7, 11) is 2.14. The largest absolute Gasteiger partial charge is 0.506 e. The summed E-state index contributed by atoms with van der Waals surface area (Å²) >= 11 is 0. The van der Waals surface area contributed by atoms with Crippen LogP contribution in [0.2, 0.25) is 0 Å². The molecule has 2 aliphatic rings. The van der Waals surface area contributed by atoms with E-state index in [2.05, 4.69) is 34.0 Å². The van der Waals surface area contributed by atoms with Gasteiger partial charge in [-0.2, -0.15) is 0 Å². The second-order valence-electron chi connectivity index (χ2n) is 7.68. The van der Waals surface area contributed by atoms with Gasteiger partial charge in [-0.25, -0.2) is 4.79 Å². The van der Waals surface area contributed by atoms with Crippen LogP contribution < -0.4 is 10.5 Å². The van der Waals surface area contributed by atoms with E-state index in [0.29, 0.717) is 17.7 Å². The molecule has 1 aliphatic heterocycles. The predicted molar refractivity (Wildman–Crippen MR) is 115 cm³/mol. The maximum atomic E-state index is 12.2. The molecular formula is C21H26ClN3O4. The highest BCUT2D eigenvalue weighted by molar-refractivity contribution is 5.92. The summed E-state index contributed by atoms with van der Waals surface area (Å²) in [6.07, 6.45) is 3.24. The Morgan fingerprint density at radius 1 is 1.10 bits per heavy atom. The van der Waals surface area contributed by atoms with Crippen molar-refractivity contribution in [2.45, 2.75) is 25.7 Å². The Kier molecular flexibility index (Phi) is 6.19. The number of hydrogen-bond acceptors (Lipinski definition) is 5. The van der Waals surface area contributed by atoms with E-state index >= 15 is 0 Å². The number of rotatable bonds is 2. The molecule has 0 saturated carbocycles. The van der Waals surface area contributed by atoms with Crippen LogP contribution in [0, 0.1) is 0 Å². The summed E-state index contributed by atoms with van der Waals surface area (Å²) in [6.45, 7) is 4.12. The quantitative estimate of drug-likeness (QED) is 0.692. The van der Waals surface area contributed by atoms with Crippen molar-refractivity contribution in [3.63, 3.8) is 0 Å². The Morgan fingerprint density at radius 2 is 1.90 bits per heavy atom.